The highest BCUT2D eigenvalue weighted by Gasteiger charge is 2.10. The molecule has 0 saturated heterocycles. The van der Waals surface area contributed by atoms with Crippen molar-refractivity contribution in [3.05, 3.63) is 90.0 Å². The van der Waals surface area contributed by atoms with E-state index in [2.05, 4.69) is 48.7 Å². The molecule has 0 aromatic heterocycles. The van der Waals surface area contributed by atoms with Crippen LogP contribution in [-0.2, 0) is 11.2 Å². The number of benzene rings is 3. The smallest absolute Gasteiger partial charge is 0.243 e. The van der Waals surface area contributed by atoms with Crippen LogP contribution in [0.3, 0.4) is 0 Å². The monoisotopic (exact) mass is 402 g/mol. The van der Waals surface area contributed by atoms with E-state index in [9.17, 15) is 4.79 Å². The minimum Gasteiger partial charge on any atom is -0.491 e. The van der Waals surface area contributed by atoms with Crippen molar-refractivity contribution in [1.29, 1.82) is 0 Å². The number of amides is 1. The average Bonchev–Trinajstić information content (AvgIpc) is 2.77. The Morgan fingerprint density at radius 3 is 2.30 bits per heavy atom. The summed E-state index contributed by atoms with van der Waals surface area (Å²) in [4.78, 5) is 12.5. The van der Waals surface area contributed by atoms with Crippen LogP contribution in [0.15, 0.2) is 78.9 Å². The van der Waals surface area contributed by atoms with E-state index in [1.54, 1.807) is 0 Å². The molecule has 3 rings (SSSR count). The fraction of sp³-hybridized carbons (Fsp3) is 0.269. The van der Waals surface area contributed by atoms with Crippen LogP contribution in [0.1, 0.15) is 37.3 Å². The number of anilines is 2. The van der Waals surface area contributed by atoms with E-state index in [0.717, 1.165) is 35.5 Å². The summed E-state index contributed by atoms with van der Waals surface area (Å²) >= 11 is 0. The number of aryl methyl sites for hydroxylation is 1. The van der Waals surface area contributed by atoms with Gasteiger partial charge < -0.3 is 15.4 Å². The lowest BCUT2D eigenvalue weighted by atomic mass is 10.0. The summed E-state index contributed by atoms with van der Waals surface area (Å²) < 4.78 is 5.97. The second-order valence-electron chi connectivity index (χ2n) is 7.58. The van der Waals surface area contributed by atoms with E-state index in [4.69, 9.17) is 4.74 Å². The number of para-hydroxylation sites is 3. The Kier molecular flexibility index (Phi) is 7.90. The number of hydrogen-bond donors (Lipinski definition) is 2. The number of carbonyl (C=O) groups excluding carboxylic acids is 1. The van der Waals surface area contributed by atoms with Gasteiger partial charge in [0.15, 0.2) is 0 Å². The molecule has 0 unspecified atom stereocenters. The maximum Gasteiger partial charge on any atom is 0.243 e. The molecule has 0 atom stereocenters. The molecular formula is C26H30N2O2. The first-order valence-electron chi connectivity index (χ1n) is 10.5. The molecule has 0 bridgehead atoms. The molecule has 0 spiro atoms. The van der Waals surface area contributed by atoms with E-state index in [-0.39, 0.29) is 12.5 Å². The van der Waals surface area contributed by atoms with Crippen LogP contribution in [0, 0.1) is 0 Å². The van der Waals surface area contributed by atoms with E-state index in [1.165, 1.54) is 5.56 Å². The highest BCUT2D eigenvalue weighted by atomic mass is 16.5. The molecule has 0 aliphatic heterocycles. The largest absolute Gasteiger partial charge is 0.491 e. The maximum absolute atomic E-state index is 12.5. The lowest BCUT2D eigenvalue weighted by Gasteiger charge is -2.15. The molecule has 3 aromatic rings. The van der Waals surface area contributed by atoms with Crippen molar-refractivity contribution >= 4 is 17.3 Å². The quantitative estimate of drug-likeness (QED) is 0.417. The zero-order chi connectivity index (χ0) is 21.2. The summed E-state index contributed by atoms with van der Waals surface area (Å²) in [6, 6.07) is 26.1. The van der Waals surface area contributed by atoms with Crippen molar-refractivity contribution in [2.75, 3.05) is 23.8 Å². The van der Waals surface area contributed by atoms with Crippen LogP contribution in [0.2, 0.25) is 0 Å². The highest BCUT2D eigenvalue weighted by molar-refractivity contribution is 5.94. The van der Waals surface area contributed by atoms with Gasteiger partial charge in [0, 0.05) is 5.69 Å². The van der Waals surface area contributed by atoms with E-state index >= 15 is 0 Å². The molecule has 2 N–H and O–H groups in total. The topological polar surface area (TPSA) is 50.4 Å². The van der Waals surface area contributed by atoms with E-state index in [0.29, 0.717) is 12.5 Å². The minimum absolute atomic E-state index is 0.0815. The van der Waals surface area contributed by atoms with Gasteiger partial charge >= 0.3 is 0 Å². The predicted octanol–water partition coefficient (Wildman–Crippen LogP) is 5.87. The molecule has 3 aromatic carbocycles. The van der Waals surface area contributed by atoms with Crippen LogP contribution < -0.4 is 15.4 Å². The van der Waals surface area contributed by atoms with Crippen LogP contribution in [0.5, 0.6) is 5.75 Å². The third kappa shape index (κ3) is 6.38. The molecule has 0 saturated carbocycles. The Labute approximate surface area is 179 Å². The van der Waals surface area contributed by atoms with Crippen molar-refractivity contribution in [3.63, 3.8) is 0 Å². The molecule has 0 fully saturated rings. The van der Waals surface area contributed by atoms with Crippen molar-refractivity contribution in [2.45, 2.75) is 32.6 Å². The first-order chi connectivity index (χ1) is 14.6. The average molecular weight is 403 g/mol. The first-order valence-corrected chi connectivity index (χ1v) is 10.5. The summed E-state index contributed by atoms with van der Waals surface area (Å²) in [6.45, 7) is 5.04. The predicted molar refractivity (Wildman–Crippen MR) is 124 cm³/mol. The summed E-state index contributed by atoms with van der Waals surface area (Å²) in [6.07, 6.45) is 1.92. The van der Waals surface area contributed by atoms with Gasteiger partial charge in [-0.3, -0.25) is 4.79 Å². The third-order valence-electron chi connectivity index (χ3n) is 4.89. The van der Waals surface area contributed by atoms with Crippen molar-refractivity contribution in [1.82, 2.24) is 0 Å². The summed E-state index contributed by atoms with van der Waals surface area (Å²) in [5, 5.41) is 6.21. The Morgan fingerprint density at radius 2 is 1.53 bits per heavy atom. The standard InChI is InChI=1S/C26H30N2O2/c1-20(2)22-14-6-7-15-23(22)28-26(29)19-27-24-16-8-9-17-25(24)30-18-10-13-21-11-4-3-5-12-21/h3-9,11-12,14-17,20,27H,10,13,18-19H2,1-2H3,(H,28,29). The fourth-order valence-electron chi connectivity index (χ4n) is 3.33. The van der Waals surface area contributed by atoms with Gasteiger partial charge in [0.1, 0.15) is 5.75 Å². The molecule has 30 heavy (non-hydrogen) atoms. The van der Waals surface area contributed by atoms with Gasteiger partial charge in [-0.05, 0) is 48.1 Å². The molecule has 0 heterocycles. The number of carbonyl (C=O) groups is 1. The fourth-order valence-corrected chi connectivity index (χ4v) is 3.33. The van der Waals surface area contributed by atoms with E-state index in [1.807, 2.05) is 54.6 Å². The maximum atomic E-state index is 12.5. The zero-order valence-corrected chi connectivity index (χ0v) is 17.7. The van der Waals surface area contributed by atoms with Crippen LogP contribution in [-0.4, -0.2) is 19.1 Å². The summed E-state index contributed by atoms with van der Waals surface area (Å²) in [7, 11) is 0. The molecule has 1 amide bonds. The zero-order valence-electron chi connectivity index (χ0n) is 17.7. The Balaban J connectivity index is 1.50. The molecule has 156 valence electrons. The van der Waals surface area contributed by atoms with Crippen LogP contribution in [0.4, 0.5) is 11.4 Å². The molecule has 0 aliphatic rings. The lowest BCUT2D eigenvalue weighted by Crippen LogP contribution is -2.22. The lowest BCUT2D eigenvalue weighted by molar-refractivity contribution is -0.114. The summed E-state index contributed by atoms with van der Waals surface area (Å²) in [5.41, 5.74) is 4.13. The molecular weight excluding hydrogens is 372 g/mol. The number of rotatable bonds is 10. The SMILES string of the molecule is CC(C)c1ccccc1NC(=O)CNc1ccccc1OCCCc1ccccc1. The van der Waals surface area contributed by atoms with Gasteiger partial charge in [-0.15, -0.1) is 0 Å². The Morgan fingerprint density at radius 1 is 0.867 bits per heavy atom. The molecule has 0 radical (unpaired) electrons. The molecule has 0 aliphatic carbocycles. The first kappa shape index (κ1) is 21.4. The number of hydrogen-bond acceptors (Lipinski definition) is 3. The molecule has 4 nitrogen and oxygen atoms in total. The normalized spacial score (nSPS) is 10.6. The van der Waals surface area contributed by atoms with Gasteiger partial charge in [0.2, 0.25) is 5.91 Å². The van der Waals surface area contributed by atoms with Gasteiger partial charge in [0.05, 0.1) is 18.8 Å². The second kappa shape index (κ2) is 11.1. The second-order valence-corrected chi connectivity index (χ2v) is 7.58. The Bertz CT molecular complexity index is 939. The van der Waals surface area contributed by atoms with Gasteiger partial charge in [0.25, 0.3) is 0 Å². The molecule has 4 heteroatoms. The van der Waals surface area contributed by atoms with Crippen molar-refractivity contribution in [3.8, 4) is 5.75 Å². The third-order valence-corrected chi connectivity index (χ3v) is 4.89. The highest BCUT2D eigenvalue weighted by Crippen LogP contribution is 2.25. The van der Waals surface area contributed by atoms with Crippen molar-refractivity contribution < 1.29 is 9.53 Å². The van der Waals surface area contributed by atoms with Crippen LogP contribution >= 0.6 is 0 Å². The van der Waals surface area contributed by atoms with Gasteiger partial charge in [-0.2, -0.15) is 0 Å². The number of nitrogens with one attached hydrogen (secondary N) is 2. The Hall–Kier alpha value is -3.27. The minimum atomic E-state index is -0.0815. The van der Waals surface area contributed by atoms with Gasteiger partial charge in [-0.1, -0.05) is 74.5 Å². The summed E-state index contributed by atoms with van der Waals surface area (Å²) in [5.74, 6) is 1.03. The van der Waals surface area contributed by atoms with Gasteiger partial charge in [-0.25, -0.2) is 0 Å². The van der Waals surface area contributed by atoms with E-state index < -0.39 is 0 Å². The number of ether oxygens (including phenoxy) is 1. The van der Waals surface area contributed by atoms with Crippen molar-refractivity contribution in [2.24, 2.45) is 0 Å². The van der Waals surface area contributed by atoms with Crippen LogP contribution in [0.25, 0.3) is 0 Å².